The molecule has 0 unspecified atom stereocenters. The Morgan fingerprint density at radius 2 is 2.05 bits per heavy atom. The molecule has 1 aromatic rings. The van der Waals surface area contributed by atoms with E-state index in [-0.39, 0.29) is 12.5 Å². The standard InChI is InChI=1S/C16H21NO2/c1-3-4-7-12-17(2)16(19)15-11-6-5-9-14(15)10-8-13-18/h5-6,9,11,18H,3-4,7,12-13H2,1-2H3. The van der Waals surface area contributed by atoms with E-state index in [0.717, 1.165) is 25.8 Å². The maximum Gasteiger partial charge on any atom is 0.254 e. The van der Waals surface area contributed by atoms with E-state index < -0.39 is 0 Å². The quantitative estimate of drug-likeness (QED) is 0.651. The summed E-state index contributed by atoms with van der Waals surface area (Å²) in [5, 5.41) is 8.74. The number of carbonyl (C=O) groups is 1. The molecule has 0 saturated heterocycles. The molecule has 0 heterocycles. The molecule has 1 aromatic carbocycles. The molecule has 0 atom stereocenters. The highest BCUT2D eigenvalue weighted by Crippen LogP contribution is 2.11. The zero-order chi connectivity index (χ0) is 14.1. The molecular formula is C16H21NO2. The van der Waals surface area contributed by atoms with Crippen molar-refractivity contribution < 1.29 is 9.90 Å². The van der Waals surface area contributed by atoms with E-state index in [1.54, 1.807) is 17.0 Å². The molecule has 0 radical (unpaired) electrons. The van der Waals surface area contributed by atoms with Crippen LogP contribution in [0.25, 0.3) is 0 Å². The number of aliphatic hydroxyl groups is 1. The van der Waals surface area contributed by atoms with Gasteiger partial charge in [0.1, 0.15) is 6.61 Å². The van der Waals surface area contributed by atoms with Gasteiger partial charge in [0.15, 0.2) is 0 Å². The van der Waals surface area contributed by atoms with Gasteiger partial charge in [-0.15, -0.1) is 0 Å². The van der Waals surface area contributed by atoms with Crippen molar-refractivity contribution in [3.63, 3.8) is 0 Å². The number of nitrogens with zero attached hydrogens (tertiary/aromatic N) is 1. The maximum atomic E-state index is 12.3. The first-order chi connectivity index (χ1) is 9.20. The van der Waals surface area contributed by atoms with Crippen LogP contribution in [-0.2, 0) is 0 Å². The largest absolute Gasteiger partial charge is 0.384 e. The predicted molar refractivity (Wildman–Crippen MR) is 76.9 cm³/mol. The van der Waals surface area contributed by atoms with Gasteiger partial charge in [-0.2, -0.15) is 0 Å². The Labute approximate surface area is 115 Å². The third-order valence-corrected chi connectivity index (χ3v) is 2.90. The maximum absolute atomic E-state index is 12.3. The molecule has 0 aliphatic carbocycles. The van der Waals surface area contributed by atoms with Gasteiger partial charge in [0.25, 0.3) is 5.91 Å². The normalized spacial score (nSPS) is 9.63. The first-order valence-corrected chi connectivity index (χ1v) is 6.65. The molecule has 0 spiro atoms. The lowest BCUT2D eigenvalue weighted by molar-refractivity contribution is 0.0792. The Balaban J connectivity index is 2.81. The highest BCUT2D eigenvalue weighted by atomic mass is 16.2. The van der Waals surface area contributed by atoms with E-state index in [1.807, 2.05) is 19.2 Å². The summed E-state index contributed by atoms with van der Waals surface area (Å²) < 4.78 is 0. The Morgan fingerprint density at radius 3 is 2.74 bits per heavy atom. The molecule has 0 saturated carbocycles. The van der Waals surface area contributed by atoms with Crippen LogP contribution in [0.1, 0.15) is 42.1 Å². The summed E-state index contributed by atoms with van der Waals surface area (Å²) in [5.41, 5.74) is 1.27. The smallest absolute Gasteiger partial charge is 0.254 e. The Bertz CT molecular complexity index is 471. The van der Waals surface area contributed by atoms with Crippen LogP contribution in [0.5, 0.6) is 0 Å². The first kappa shape index (κ1) is 15.3. The Morgan fingerprint density at radius 1 is 1.32 bits per heavy atom. The van der Waals surface area contributed by atoms with Crippen molar-refractivity contribution >= 4 is 5.91 Å². The van der Waals surface area contributed by atoms with Gasteiger partial charge < -0.3 is 10.0 Å². The number of carbonyl (C=O) groups excluding carboxylic acids is 1. The third kappa shape index (κ3) is 4.76. The highest BCUT2D eigenvalue weighted by molar-refractivity contribution is 5.96. The number of aliphatic hydroxyl groups excluding tert-OH is 1. The van der Waals surface area contributed by atoms with Crippen molar-refractivity contribution in [3.8, 4) is 11.8 Å². The summed E-state index contributed by atoms with van der Waals surface area (Å²) in [4.78, 5) is 14.0. The van der Waals surface area contributed by atoms with Crippen molar-refractivity contribution in [2.75, 3.05) is 20.2 Å². The molecule has 0 aliphatic rings. The van der Waals surface area contributed by atoms with Crippen LogP contribution in [0.3, 0.4) is 0 Å². The summed E-state index contributed by atoms with van der Waals surface area (Å²) in [6.45, 7) is 2.70. The Hall–Kier alpha value is -1.79. The lowest BCUT2D eigenvalue weighted by atomic mass is 10.1. The average Bonchev–Trinajstić information content (AvgIpc) is 2.44. The molecule has 0 fully saturated rings. The fraction of sp³-hybridized carbons (Fsp3) is 0.438. The van der Waals surface area contributed by atoms with E-state index in [9.17, 15) is 4.79 Å². The molecule has 102 valence electrons. The van der Waals surface area contributed by atoms with Crippen molar-refractivity contribution in [3.05, 3.63) is 35.4 Å². The lowest BCUT2D eigenvalue weighted by Crippen LogP contribution is -2.28. The van der Waals surface area contributed by atoms with Gasteiger partial charge in [-0.25, -0.2) is 0 Å². The van der Waals surface area contributed by atoms with Gasteiger partial charge >= 0.3 is 0 Å². The van der Waals surface area contributed by atoms with Gasteiger partial charge in [-0.3, -0.25) is 4.79 Å². The van der Waals surface area contributed by atoms with E-state index in [0.29, 0.717) is 11.1 Å². The molecule has 0 aliphatic heterocycles. The van der Waals surface area contributed by atoms with Crippen LogP contribution in [0.2, 0.25) is 0 Å². The van der Waals surface area contributed by atoms with Gasteiger partial charge in [0, 0.05) is 19.2 Å². The predicted octanol–water partition coefficient (Wildman–Crippen LogP) is 2.29. The first-order valence-electron chi connectivity index (χ1n) is 6.65. The molecule has 3 nitrogen and oxygen atoms in total. The van der Waals surface area contributed by atoms with Crippen molar-refractivity contribution in [2.24, 2.45) is 0 Å². The lowest BCUT2D eigenvalue weighted by Gasteiger charge is -2.17. The number of unbranched alkanes of at least 4 members (excludes halogenated alkanes) is 2. The molecule has 19 heavy (non-hydrogen) atoms. The fourth-order valence-corrected chi connectivity index (χ4v) is 1.82. The molecule has 1 rings (SSSR count). The van der Waals surface area contributed by atoms with Crippen LogP contribution >= 0.6 is 0 Å². The molecule has 1 N–H and O–H groups in total. The van der Waals surface area contributed by atoms with E-state index >= 15 is 0 Å². The van der Waals surface area contributed by atoms with Crippen LogP contribution < -0.4 is 0 Å². The van der Waals surface area contributed by atoms with Gasteiger partial charge in [0.2, 0.25) is 0 Å². The second-order valence-electron chi connectivity index (χ2n) is 4.44. The summed E-state index contributed by atoms with van der Waals surface area (Å²) in [6, 6.07) is 7.25. The zero-order valence-corrected chi connectivity index (χ0v) is 11.6. The summed E-state index contributed by atoms with van der Waals surface area (Å²) in [7, 11) is 1.81. The third-order valence-electron chi connectivity index (χ3n) is 2.90. The van der Waals surface area contributed by atoms with E-state index in [1.165, 1.54) is 0 Å². The Kier molecular flexibility index (Phi) is 6.70. The highest BCUT2D eigenvalue weighted by Gasteiger charge is 2.13. The molecule has 0 aromatic heterocycles. The van der Waals surface area contributed by atoms with Crippen molar-refractivity contribution in [1.29, 1.82) is 0 Å². The second-order valence-corrected chi connectivity index (χ2v) is 4.44. The molecule has 0 bridgehead atoms. The summed E-state index contributed by atoms with van der Waals surface area (Å²) in [6.07, 6.45) is 3.29. The number of hydrogen-bond donors (Lipinski definition) is 1. The van der Waals surface area contributed by atoms with Crippen molar-refractivity contribution in [2.45, 2.75) is 26.2 Å². The number of rotatable bonds is 5. The van der Waals surface area contributed by atoms with Crippen LogP contribution in [0.4, 0.5) is 0 Å². The number of benzene rings is 1. The van der Waals surface area contributed by atoms with Gasteiger partial charge in [-0.1, -0.05) is 43.7 Å². The zero-order valence-electron chi connectivity index (χ0n) is 11.6. The SMILES string of the molecule is CCCCCN(C)C(=O)c1ccccc1C#CCO. The van der Waals surface area contributed by atoms with E-state index in [4.69, 9.17) is 5.11 Å². The summed E-state index contributed by atoms with van der Waals surface area (Å²) in [5.74, 6) is 5.39. The second kappa shape index (κ2) is 8.34. The fourth-order valence-electron chi connectivity index (χ4n) is 1.82. The van der Waals surface area contributed by atoms with E-state index in [2.05, 4.69) is 18.8 Å². The minimum absolute atomic E-state index is 0.0149. The molecule has 1 amide bonds. The minimum atomic E-state index is -0.200. The van der Waals surface area contributed by atoms with Gasteiger partial charge in [0.05, 0.1) is 5.56 Å². The molecular weight excluding hydrogens is 238 g/mol. The van der Waals surface area contributed by atoms with Crippen LogP contribution in [-0.4, -0.2) is 36.1 Å². The summed E-state index contributed by atoms with van der Waals surface area (Å²) >= 11 is 0. The van der Waals surface area contributed by atoms with Gasteiger partial charge in [-0.05, 0) is 18.6 Å². The number of amides is 1. The van der Waals surface area contributed by atoms with Crippen LogP contribution in [0, 0.1) is 11.8 Å². The topological polar surface area (TPSA) is 40.5 Å². The van der Waals surface area contributed by atoms with Crippen LogP contribution in [0.15, 0.2) is 24.3 Å². The average molecular weight is 259 g/mol. The minimum Gasteiger partial charge on any atom is -0.384 e. The monoisotopic (exact) mass is 259 g/mol. The number of hydrogen-bond acceptors (Lipinski definition) is 2. The van der Waals surface area contributed by atoms with Crippen molar-refractivity contribution in [1.82, 2.24) is 4.90 Å². The molecule has 3 heteroatoms.